The molecule has 0 heterocycles. The van der Waals surface area contributed by atoms with Crippen LogP contribution in [0.4, 0.5) is 0 Å². The summed E-state index contributed by atoms with van der Waals surface area (Å²) in [6.07, 6.45) is 86.2. The molecule has 0 radical (unpaired) electrons. The van der Waals surface area contributed by atoms with E-state index in [4.69, 9.17) is 24.3 Å². The first-order valence-electron chi connectivity index (χ1n) is 32.7. The van der Waals surface area contributed by atoms with Crippen molar-refractivity contribution in [2.75, 3.05) is 26.4 Å². The maximum atomic E-state index is 12.7. The predicted molar refractivity (Wildman–Crippen MR) is 339 cm³/mol. The van der Waals surface area contributed by atoms with E-state index in [1.807, 2.05) is 0 Å². The highest BCUT2D eigenvalue weighted by atomic mass is 31.2. The molecule has 9 nitrogen and oxygen atoms in total. The van der Waals surface area contributed by atoms with Crippen molar-refractivity contribution in [3.63, 3.8) is 0 Å². The van der Waals surface area contributed by atoms with E-state index in [9.17, 15) is 19.0 Å². The lowest BCUT2D eigenvalue weighted by Crippen LogP contribution is -2.29. The van der Waals surface area contributed by atoms with Crippen LogP contribution >= 0.6 is 7.82 Å². The van der Waals surface area contributed by atoms with Crippen LogP contribution in [0.1, 0.15) is 296 Å². The number of phosphoric acid groups is 1. The average Bonchev–Trinajstić information content (AvgIpc) is 3.44. The second-order valence-corrected chi connectivity index (χ2v) is 23.1. The van der Waals surface area contributed by atoms with Crippen LogP contribution in [0.2, 0.25) is 0 Å². The molecule has 2 atom stereocenters. The molecule has 2 unspecified atom stereocenters. The van der Waals surface area contributed by atoms with Gasteiger partial charge in [0.2, 0.25) is 0 Å². The molecule has 79 heavy (non-hydrogen) atoms. The summed E-state index contributed by atoms with van der Waals surface area (Å²) in [5.41, 5.74) is 5.39. The zero-order valence-electron chi connectivity index (χ0n) is 51.1. The molecule has 0 aromatic rings. The minimum absolute atomic E-state index is 0.0491. The maximum absolute atomic E-state index is 12.7. The summed E-state index contributed by atoms with van der Waals surface area (Å²) in [5, 5.41) is 0. The van der Waals surface area contributed by atoms with Gasteiger partial charge >= 0.3 is 19.8 Å². The Labute approximate surface area is 486 Å². The summed E-state index contributed by atoms with van der Waals surface area (Å²) in [5.74, 6) is -0.829. The first kappa shape index (κ1) is 75.9. The molecule has 0 aliphatic carbocycles. The number of allylic oxidation sites excluding steroid dienone is 16. The van der Waals surface area contributed by atoms with Crippen LogP contribution in [0.25, 0.3) is 0 Å². The summed E-state index contributed by atoms with van der Waals surface area (Å²) in [6, 6.07) is 0. The van der Waals surface area contributed by atoms with Crippen LogP contribution in [0.5, 0.6) is 0 Å². The minimum atomic E-state index is -4.40. The van der Waals surface area contributed by atoms with Gasteiger partial charge in [0.15, 0.2) is 6.10 Å². The van der Waals surface area contributed by atoms with Crippen LogP contribution in [0.3, 0.4) is 0 Å². The van der Waals surface area contributed by atoms with E-state index in [0.717, 1.165) is 89.9 Å². The summed E-state index contributed by atoms with van der Waals surface area (Å²) in [6.45, 7) is 3.65. The van der Waals surface area contributed by atoms with Gasteiger partial charge in [-0.05, 0) is 96.3 Å². The number of phosphoric ester groups is 1. The molecule has 0 fully saturated rings. The molecule has 0 aliphatic heterocycles. The fourth-order valence-electron chi connectivity index (χ4n) is 9.14. The van der Waals surface area contributed by atoms with E-state index in [0.29, 0.717) is 6.42 Å². The van der Waals surface area contributed by atoms with Gasteiger partial charge in [-0.25, -0.2) is 4.57 Å². The Morgan fingerprint density at radius 1 is 0.392 bits per heavy atom. The minimum Gasteiger partial charge on any atom is -0.462 e. The molecule has 0 amide bonds. The van der Waals surface area contributed by atoms with Crippen LogP contribution < -0.4 is 5.73 Å². The van der Waals surface area contributed by atoms with Gasteiger partial charge in [-0.15, -0.1) is 0 Å². The van der Waals surface area contributed by atoms with E-state index in [-0.39, 0.29) is 38.6 Å². The first-order chi connectivity index (χ1) is 38.8. The predicted octanol–water partition coefficient (Wildman–Crippen LogP) is 21.2. The Balaban J connectivity index is 3.95. The van der Waals surface area contributed by atoms with Crippen LogP contribution in [-0.4, -0.2) is 49.3 Å². The van der Waals surface area contributed by atoms with Gasteiger partial charge in [0, 0.05) is 19.4 Å². The van der Waals surface area contributed by atoms with Crippen molar-refractivity contribution in [2.24, 2.45) is 5.73 Å². The van der Waals surface area contributed by atoms with Crippen molar-refractivity contribution in [3.8, 4) is 0 Å². The third kappa shape index (κ3) is 64.0. The van der Waals surface area contributed by atoms with Gasteiger partial charge < -0.3 is 20.1 Å². The number of hydrogen-bond acceptors (Lipinski definition) is 8. The quantitative estimate of drug-likeness (QED) is 0.0264. The SMILES string of the molecule is CC/C=C\C/C=C\C/C=C\C/C=C\C/C=C\C/C=C\C/C=C\CCCCCCCCCCCC(=O)OC(COC(=O)CCCCCCCCCCCCCCCCC/C=C\CCCCCCCCCC)COP(=O)(O)OCCN. The molecule has 0 rings (SSSR count). The third-order valence-electron chi connectivity index (χ3n) is 14.0. The smallest absolute Gasteiger partial charge is 0.462 e. The molecule has 0 aromatic carbocycles. The average molecular weight is 1120 g/mol. The highest BCUT2D eigenvalue weighted by molar-refractivity contribution is 7.47. The van der Waals surface area contributed by atoms with Crippen molar-refractivity contribution in [3.05, 3.63) is 97.2 Å². The summed E-state index contributed by atoms with van der Waals surface area (Å²) < 4.78 is 33.1. The lowest BCUT2D eigenvalue weighted by molar-refractivity contribution is -0.161. The molecule has 0 saturated carbocycles. The van der Waals surface area contributed by atoms with Gasteiger partial charge in [-0.2, -0.15) is 0 Å². The monoisotopic (exact) mass is 1120 g/mol. The third-order valence-corrected chi connectivity index (χ3v) is 14.9. The number of carbonyl (C=O) groups excluding carboxylic acids is 2. The van der Waals surface area contributed by atoms with E-state index in [2.05, 4.69) is 111 Å². The van der Waals surface area contributed by atoms with E-state index in [1.165, 1.54) is 173 Å². The van der Waals surface area contributed by atoms with Crippen molar-refractivity contribution in [2.45, 2.75) is 302 Å². The largest absolute Gasteiger partial charge is 0.472 e. The lowest BCUT2D eigenvalue weighted by atomic mass is 10.0. The van der Waals surface area contributed by atoms with Gasteiger partial charge in [0.1, 0.15) is 6.61 Å². The molecular formula is C69H122NO8P. The molecular weight excluding hydrogens is 1000 g/mol. The second kappa shape index (κ2) is 64.1. The molecule has 0 bridgehead atoms. The van der Waals surface area contributed by atoms with Gasteiger partial charge in [-0.3, -0.25) is 18.6 Å². The summed E-state index contributed by atoms with van der Waals surface area (Å²) in [7, 11) is -4.40. The van der Waals surface area contributed by atoms with Crippen molar-refractivity contribution in [1.29, 1.82) is 0 Å². The number of hydrogen-bond donors (Lipinski definition) is 2. The van der Waals surface area contributed by atoms with Gasteiger partial charge in [-0.1, -0.05) is 284 Å². The van der Waals surface area contributed by atoms with Crippen molar-refractivity contribution in [1.82, 2.24) is 0 Å². The number of nitrogens with two attached hydrogens (primary N) is 1. The Kier molecular flexibility index (Phi) is 61.6. The number of rotatable bonds is 61. The standard InChI is InChI=1S/C69H122NO8P/c1-3-5-7-9-11-13-15-17-19-21-23-25-27-29-31-32-33-34-36-38-40-42-44-46-48-50-52-54-56-58-60-62-69(72)78-67(66-77-79(73,74)76-64-63-70)65-75-68(71)61-59-57-55-53-51-49-47-45-43-41-39-37-35-30-28-26-24-22-20-18-16-14-12-10-8-6-4-2/h5,7,11,13,17,19,22-25,29,31,33-34,38,40,67H,3-4,6,8-10,12,14-16,18,20-21,26-28,30,32,35-37,39,41-66,70H2,1-2H3,(H,73,74)/b7-5-,13-11-,19-17-,24-22-,25-23-,31-29-,34-33-,40-38-. The van der Waals surface area contributed by atoms with Gasteiger partial charge in [0.25, 0.3) is 0 Å². The number of carbonyl (C=O) groups is 2. The summed E-state index contributed by atoms with van der Waals surface area (Å²) >= 11 is 0. The van der Waals surface area contributed by atoms with E-state index in [1.54, 1.807) is 0 Å². The Bertz CT molecular complexity index is 1610. The number of esters is 2. The maximum Gasteiger partial charge on any atom is 0.472 e. The molecule has 456 valence electrons. The normalized spacial score (nSPS) is 13.6. The second-order valence-electron chi connectivity index (χ2n) is 21.6. The zero-order valence-corrected chi connectivity index (χ0v) is 52.0. The highest BCUT2D eigenvalue weighted by Crippen LogP contribution is 2.43. The van der Waals surface area contributed by atoms with Crippen LogP contribution in [-0.2, 0) is 32.7 Å². The van der Waals surface area contributed by atoms with Crippen molar-refractivity contribution >= 4 is 19.8 Å². The number of ether oxygens (including phenoxy) is 2. The molecule has 10 heteroatoms. The Morgan fingerprint density at radius 3 is 1.05 bits per heavy atom. The Morgan fingerprint density at radius 2 is 0.696 bits per heavy atom. The van der Waals surface area contributed by atoms with Crippen molar-refractivity contribution < 1.29 is 37.6 Å². The molecule has 0 spiro atoms. The summed E-state index contributed by atoms with van der Waals surface area (Å²) in [4.78, 5) is 35.3. The topological polar surface area (TPSA) is 134 Å². The van der Waals surface area contributed by atoms with Gasteiger partial charge in [0.05, 0.1) is 13.2 Å². The first-order valence-corrected chi connectivity index (χ1v) is 34.2. The fraction of sp³-hybridized carbons (Fsp3) is 0.739. The molecule has 0 saturated heterocycles. The molecule has 3 N–H and O–H groups in total. The highest BCUT2D eigenvalue weighted by Gasteiger charge is 2.26. The number of unbranched alkanes of at least 4 members (excludes halogenated alkanes) is 32. The molecule has 0 aliphatic rings. The molecule has 0 aromatic heterocycles. The fourth-order valence-corrected chi connectivity index (χ4v) is 9.91. The van der Waals surface area contributed by atoms with Crippen LogP contribution in [0, 0.1) is 0 Å². The Hall–Kier alpha value is -3.07. The van der Waals surface area contributed by atoms with E-state index >= 15 is 0 Å². The van der Waals surface area contributed by atoms with E-state index < -0.39 is 26.5 Å². The lowest BCUT2D eigenvalue weighted by Gasteiger charge is -2.19. The van der Waals surface area contributed by atoms with Crippen LogP contribution in [0.15, 0.2) is 97.2 Å². The zero-order chi connectivity index (χ0) is 57.3.